The van der Waals surface area contributed by atoms with E-state index >= 15 is 0 Å². The van der Waals surface area contributed by atoms with E-state index in [0.717, 1.165) is 12.2 Å². The molecule has 0 aliphatic rings. The van der Waals surface area contributed by atoms with E-state index in [2.05, 4.69) is 13.2 Å². The molecule has 0 N–H and O–H groups in total. The maximum Gasteiger partial charge on any atom is 0.544 e. The molecule has 0 fully saturated rings. The summed E-state index contributed by atoms with van der Waals surface area (Å²) < 4.78 is 42.8. The molecule has 1 unspecified atom stereocenters. The van der Waals surface area contributed by atoms with Gasteiger partial charge in [0.2, 0.25) is 0 Å². The second-order valence-corrected chi connectivity index (χ2v) is 12.0. The number of rotatable bonds is 18. The van der Waals surface area contributed by atoms with Crippen molar-refractivity contribution in [2.75, 3.05) is 47.8 Å². The van der Waals surface area contributed by atoms with Crippen LogP contribution in [0, 0.1) is 0 Å². The molecule has 0 aliphatic heterocycles. The third kappa shape index (κ3) is 13.2. The van der Waals surface area contributed by atoms with Crippen molar-refractivity contribution in [3.8, 4) is 0 Å². The molecule has 0 bridgehead atoms. The van der Waals surface area contributed by atoms with E-state index in [1.54, 1.807) is 21.3 Å². The highest BCUT2D eigenvalue weighted by Crippen LogP contribution is 2.21. The summed E-state index contributed by atoms with van der Waals surface area (Å²) in [5, 5.41) is 0. The van der Waals surface area contributed by atoms with Gasteiger partial charge in [-0.05, 0) is 33.6 Å². The van der Waals surface area contributed by atoms with Crippen LogP contribution in [0.3, 0.4) is 0 Å². The lowest BCUT2D eigenvalue weighted by atomic mass is 10.5. The third-order valence-electron chi connectivity index (χ3n) is 4.20. The number of hydrogen-bond donors (Lipinski definition) is 0. The lowest BCUT2D eigenvalue weighted by Crippen LogP contribution is -2.57. The topological polar surface area (TPSA) is 108 Å². The average Bonchev–Trinajstić information content (AvgIpc) is 2.83. The summed E-state index contributed by atoms with van der Waals surface area (Å²) in [6.07, 6.45) is 3.48. The number of hydrogen-bond acceptors (Lipinski definition) is 10. The smallest absolute Gasteiger partial charge is 0.463 e. The van der Waals surface area contributed by atoms with Gasteiger partial charge in [-0.1, -0.05) is 20.1 Å². The highest BCUT2D eigenvalue weighted by molar-refractivity contribution is 6.62. The van der Waals surface area contributed by atoms with Crippen molar-refractivity contribution in [1.29, 1.82) is 0 Å². The first-order valence-corrected chi connectivity index (χ1v) is 14.7. The van der Waals surface area contributed by atoms with Gasteiger partial charge in [-0.25, -0.2) is 9.59 Å². The van der Waals surface area contributed by atoms with E-state index in [1.807, 2.05) is 27.7 Å². The zero-order valence-corrected chi connectivity index (χ0v) is 23.2. The molecular weight excluding hydrogens is 468 g/mol. The summed E-state index contributed by atoms with van der Waals surface area (Å²) in [6.45, 7) is 15.8. The Kier molecular flexibility index (Phi) is 20.5. The van der Waals surface area contributed by atoms with Crippen LogP contribution >= 0.6 is 0 Å². The first kappa shape index (κ1) is 33.8. The van der Waals surface area contributed by atoms with Crippen molar-refractivity contribution in [3.05, 3.63) is 25.3 Å². The second kappa shape index (κ2) is 20.0. The number of ether oxygens (including phenoxy) is 2. The molecular formula is C21H42O10Si2. The Morgan fingerprint density at radius 2 is 1.27 bits per heavy atom. The first-order valence-electron chi connectivity index (χ1n) is 10.9. The van der Waals surface area contributed by atoms with Gasteiger partial charge in [-0.3, -0.25) is 0 Å². The fourth-order valence-corrected chi connectivity index (χ4v) is 7.14. The molecule has 0 aromatic heterocycles. The van der Waals surface area contributed by atoms with Crippen LogP contribution in [0.2, 0.25) is 6.04 Å². The van der Waals surface area contributed by atoms with Gasteiger partial charge in [0.1, 0.15) is 0 Å². The van der Waals surface area contributed by atoms with Gasteiger partial charge in [0, 0.05) is 59.3 Å². The van der Waals surface area contributed by atoms with Crippen molar-refractivity contribution >= 4 is 29.5 Å². The summed E-state index contributed by atoms with van der Waals surface area (Å²) in [6, 6.07) is 0.612. The lowest BCUT2D eigenvalue weighted by molar-refractivity contribution is -0.143. The fraction of sp³-hybridized carbons (Fsp3) is 0.714. The normalized spacial score (nSPS) is 12.2. The predicted octanol–water partition coefficient (Wildman–Crippen LogP) is 3.07. The van der Waals surface area contributed by atoms with Gasteiger partial charge < -0.3 is 36.0 Å². The van der Waals surface area contributed by atoms with Crippen LogP contribution in [0.4, 0.5) is 0 Å². The Balaban J connectivity index is 0. The maximum absolute atomic E-state index is 11.4. The van der Waals surface area contributed by atoms with Gasteiger partial charge in [-0.15, -0.1) is 0 Å². The van der Waals surface area contributed by atoms with Gasteiger partial charge in [0.15, 0.2) is 5.73 Å². The van der Waals surface area contributed by atoms with E-state index in [-0.39, 0.29) is 0 Å². The quantitative estimate of drug-likeness (QED) is 0.118. The third-order valence-corrected chi connectivity index (χ3v) is 10.4. The first-order chi connectivity index (χ1) is 15.7. The minimum Gasteiger partial charge on any atom is -0.463 e. The molecule has 0 aromatic rings. The van der Waals surface area contributed by atoms with E-state index < -0.39 is 35.3 Å². The summed E-state index contributed by atoms with van der Waals surface area (Å²) >= 11 is 0. The lowest BCUT2D eigenvalue weighted by Gasteiger charge is -2.33. The fourth-order valence-electron chi connectivity index (χ4n) is 2.68. The molecule has 1 atom stereocenters. The Hall–Kier alpha value is -1.39. The molecule has 0 aromatic carbocycles. The monoisotopic (exact) mass is 510 g/mol. The molecule has 0 saturated carbocycles. The minimum absolute atomic E-state index is 0.315. The summed E-state index contributed by atoms with van der Waals surface area (Å²) in [4.78, 5) is 22.1. The molecule has 0 heterocycles. The summed E-state index contributed by atoms with van der Waals surface area (Å²) in [7, 11) is -0.860. The Labute approximate surface area is 200 Å². The molecule has 0 radical (unpaired) electrons. The van der Waals surface area contributed by atoms with Crippen LogP contribution in [0.15, 0.2) is 25.3 Å². The molecule has 33 heavy (non-hydrogen) atoms. The van der Waals surface area contributed by atoms with E-state index in [0.29, 0.717) is 45.3 Å². The zero-order valence-electron chi connectivity index (χ0n) is 21.2. The zero-order chi connectivity index (χ0) is 25.8. The van der Waals surface area contributed by atoms with Gasteiger partial charge in [-0.2, -0.15) is 0 Å². The van der Waals surface area contributed by atoms with Gasteiger partial charge in [0.25, 0.3) is 0 Å². The number of carbonyl (C=O) groups excluding carboxylic acids is 2. The van der Waals surface area contributed by atoms with Crippen molar-refractivity contribution in [2.45, 2.75) is 52.3 Å². The van der Waals surface area contributed by atoms with Crippen LogP contribution in [0.1, 0.15) is 40.5 Å². The van der Waals surface area contributed by atoms with Crippen LogP contribution in [0.25, 0.3) is 0 Å². The van der Waals surface area contributed by atoms with Gasteiger partial charge in [0.05, 0.1) is 6.61 Å². The van der Waals surface area contributed by atoms with Crippen LogP contribution < -0.4 is 0 Å². The molecule has 0 amide bonds. The number of carbonyl (C=O) groups is 2. The Bertz CT molecular complexity index is 530. The van der Waals surface area contributed by atoms with Crippen LogP contribution in [0.5, 0.6) is 0 Å². The average molecular weight is 511 g/mol. The molecule has 10 nitrogen and oxygen atoms in total. The van der Waals surface area contributed by atoms with Crippen LogP contribution in [-0.2, 0) is 45.6 Å². The standard InChI is InChI=1S/C12H24O5Si.C9H18O5Si/c1-6-11(13)17-12(7-2)18(14-8-3,15-9-4)16-10-5;1-5-9(10)14-7-6-8-15(11-2,12-3)13-4/h6,12H,1,7-10H2,2-5H3;5H,1,6-8H2,2-4H3. The summed E-state index contributed by atoms with van der Waals surface area (Å²) in [5.74, 6) is -0.910. The Morgan fingerprint density at radius 1 is 0.818 bits per heavy atom. The molecule has 12 heteroatoms. The molecule has 0 rings (SSSR count). The van der Waals surface area contributed by atoms with Crippen molar-refractivity contribution < 1.29 is 45.6 Å². The Morgan fingerprint density at radius 3 is 1.61 bits per heavy atom. The van der Waals surface area contributed by atoms with Crippen molar-refractivity contribution in [1.82, 2.24) is 0 Å². The van der Waals surface area contributed by atoms with E-state index in [4.69, 9.17) is 36.0 Å². The van der Waals surface area contributed by atoms with E-state index in [1.165, 1.54) is 0 Å². The highest BCUT2D eigenvalue weighted by Gasteiger charge is 2.51. The second-order valence-electron chi connectivity index (χ2n) is 6.21. The minimum atomic E-state index is -2.99. The van der Waals surface area contributed by atoms with Crippen molar-refractivity contribution in [3.63, 3.8) is 0 Å². The van der Waals surface area contributed by atoms with Crippen molar-refractivity contribution in [2.24, 2.45) is 0 Å². The van der Waals surface area contributed by atoms with Gasteiger partial charge >= 0.3 is 29.5 Å². The predicted molar refractivity (Wildman–Crippen MR) is 128 cm³/mol. The largest absolute Gasteiger partial charge is 0.544 e. The molecule has 0 saturated heterocycles. The molecule has 0 spiro atoms. The maximum atomic E-state index is 11.4. The SMILES string of the molecule is C=CC(=O)OC(CC)[Si](OCC)(OCC)OCC.C=CC(=O)OCCC[Si](OC)(OC)OC. The van der Waals surface area contributed by atoms with E-state index in [9.17, 15) is 9.59 Å². The molecule has 194 valence electrons. The highest BCUT2D eigenvalue weighted by atomic mass is 28.4. The summed E-state index contributed by atoms with van der Waals surface area (Å²) in [5.41, 5.74) is -0.497. The number of esters is 2. The molecule has 0 aliphatic carbocycles. The van der Waals surface area contributed by atoms with Crippen LogP contribution in [-0.4, -0.2) is 83.0 Å².